The number of rotatable bonds is 4. The Hall–Kier alpha value is -3.75. The third kappa shape index (κ3) is 4.15. The Kier molecular flexibility index (Phi) is 6.99. The molecule has 13 nitrogen and oxygen atoms in total. The Balaban J connectivity index is 1.77. The van der Waals surface area contributed by atoms with E-state index in [-0.39, 0.29) is 24.8 Å². The van der Waals surface area contributed by atoms with E-state index in [4.69, 9.17) is 19.9 Å². The van der Waals surface area contributed by atoms with Crippen molar-refractivity contribution in [2.75, 3.05) is 7.11 Å². The molecule has 0 spiro atoms. The number of carbonyl (C=O) groups excluding carboxylic acids is 3. The number of nitrogens with two attached hydrogens (primary N) is 1. The lowest BCUT2D eigenvalue weighted by Gasteiger charge is -2.45. The lowest BCUT2D eigenvalue weighted by atomic mass is 9.66. The number of ether oxygens (including phenoxy) is 3. The average molecular weight is 574 g/mol. The number of esters is 1. The number of hydrogen-bond donors (Lipinski definition) is 7. The van der Waals surface area contributed by atoms with E-state index in [0.29, 0.717) is 0 Å². The first kappa shape index (κ1) is 28.8. The number of phenols is 4. The number of phenolic OH excluding ortho intramolecular Hbond substituents is 4. The zero-order valence-corrected chi connectivity index (χ0v) is 22.5. The summed E-state index contributed by atoms with van der Waals surface area (Å²) < 4.78 is 16.8. The van der Waals surface area contributed by atoms with Gasteiger partial charge in [0.05, 0.1) is 53.3 Å². The van der Waals surface area contributed by atoms with Gasteiger partial charge in [0.2, 0.25) is 11.6 Å². The average Bonchev–Trinajstić information content (AvgIpc) is 2.92. The second kappa shape index (κ2) is 9.96. The van der Waals surface area contributed by atoms with Gasteiger partial charge in [0.1, 0.15) is 28.9 Å². The van der Waals surface area contributed by atoms with Crippen molar-refractivity contribution in [2.24, 2.45) is 5.73 Å². The number of aliphatic hydroxyl groups is 2. The maximum Gasteiger partial charge on any atom is 0.316 e. The van der Waals surface area contributed by atoms with Crippen molar-refractivity contribution >= 4 is 17.5 Å². The Labute approximate surface area is 233 Å². The molecule has 7 atom stereocenters. The lowest BCUT2D eigenvalue weighted by molar-refractivity contribution is -0.249. The van der Waals surface area contributed by atoms with Crippen LogP contribution in [0.1, 0.15) is 88.1 Å². The molecule has 8 N–H and O–H groups in total. The van der Waals surface area contributed by atoms with Gasteiger partial charge < -0.3 is 50.6 Å². The number of benzene rings is 2. The van der Waals surface area contributed by atoms with E-state index >= 15 is 0 Å². The van der Waals surface area contributed by atoms with Crippen LogP contribution in [-0.2, 0) is 19.0 Å². The number of ketones is 2. The highest BCUT2D eigenvalue weighted by atomic mass is 16.7. The first-order valence-electron chi connectivity index (χ1n) is 13.1. The third-order valence-electron chi connectivity index (χ3n) is 8.40. The minimum atomic E-state index is -1.93. The standard InChI is InChI=1S/C28H31NO12/c1-4-28(38)8-13(41-14-7-10(29)22(32)9(2)40-14)17-18(21(28)27(37)39-3)26(36)20-19(25(17)35)23(33)15-11(30)5-6-12(31)16(15)24(20)34/h5-6,9-10,13-14,21-22,30-32,35-36,38H,4,7-8,29H2,1-3H3/t9-,10-,13-,14+,21-,22+,28+/m0/s1. The molecular formula is C28H31NO12. The molecule has 2 aromatic carbocycles. The Morgan fingerprint density at radius 2 is 1.56 bits per heavy atom. The molecule has 1 heterocycles. The van der Waals surface area contributed by atoms with Gasteiger partial charge in [0.15, 0.2) is 6.29 Å². The van der Waals surface area contributed by atoms with Gasteiger partial charge in [-0.15, -0.1) is 0 Å². The first-order valence-corrected chi connectivity index (χ1v) is 13.1. The largest absolute Gasteiger partial charge is 0.507 e. The maximum absolute atomic E-state index is 13.6. The molecule has 3 aliphatic rings. The van der Waals surface area contributed by atoms with Crippen LogP contribution >= 0.6 is 0 Å². The molecule has 41 heavy (non-hydrogen) atoms. The second-order valence-corrected chi connectivity index (χ2v) is 10.7. The van der Waals surface area contributed by atoms with Gasteiger partial charge >= 0.3 is 5.97 Å². The van der Waals surface area contributed by atoms with Crippen molar-refractivity contribution in [3.8, 4) is 23.0 Å². The molecule has 1 aliphatic heterocycles. The molecule has 0 saturated carbocycles. The van der Waals surface area contributed by atoms with Crippen LogP contribution < -0.4 is 5.73 Å². The zero-order valence-electron chi connectivity index (χ0n) is 22.5. The molecule has 0 aromatic heterocycles. The fourth-order valence-electron chi connectivity index (χ4n) is 6.20. The molecule has 5 rings (SSSR count). The molecule has 0 unspecified atom stereocenters. The van der Waals surface area contributed by atoms with Crippen molar-refractivity contribution in [3.05, 3.63) is 45.5 Å². The summed E-state index contributed by atoms with van der Waals surface area (Å²) in [6.07, 6.45) is -4.48. The normalized spacial score (nSPS) is 30.8. The lowest BCUT2D eigenvalue weighted by Crippen LogP contribution is -2.52. The van der Waals surface area contributed by atoms with Gasteiger partial charge in [-0.2, -0.15) is 0 Å². The zero-order chi connectivity index (χ0) is 30.1. The van der Waals surface area contributed by atoms with Crippen LogP contribution in [0.4, 0.5) is 0 Å². The molecule has 1 saturated heterocycles. The summed E-state index contributed by atoms with van der Waals surface area (Å²) in [7, 11) is 1.06. The number of methoxy groups -OCH3 is 1. The van der Waals surface area contributed by atoms with Crippen LogP contribution in [0.3, 0.4) is 0 Å². The van der Waals surface area contributed by atoms with Crippen molar-refractivity contribution in [3.63, 3.8) is 0 Å². The Morgan fingerprint density at radius 3 is 2.05 bits per heavy atom. The van der Waals surface area contributed by atoms with Gasteiger partial charge in [0.25, 0.3) is 0 Å². The van der Waals surface area contributed by atoms with Gasteiger partial charge in [0, 0.05) is 30.0 Å². The van der Waals surface area contributed by atoms with E-state index in [2.05, 4.69) is 0 Å². The molecule has 13 heteroatoms. The fourth-order valence-corrected chi connectivity index (χ4v) is 6.20. The van der Waals surface area contributed by atoms with Crippen molar-refractivity contribution in [1.82, 2.24) is 0 Å². The van der Waals surface area contributed by atoms with Crippen LogP contribution in [-0.4, -0.2) is 85.4 Å². The van der Waals surface area contributed by atoms with Crippen LogP contribution in [0.15, 0.2) is 12.1 Å². The predicted octanol–water partition coefficient (Wildman–Crippen LogP) is 0.967. The quantitative estimate of drug-likeness (QED) is 0.171. The van der Waals surface area contributed by atoms with E-state index in [1.165, 1.54) is 0 Å². The first-order chi connectivity index (χ1) is 19.3. The molecule has 0 bridgehead atoms. The Morgan fingerprint density at radius 1 is 1.02 bits per heavy atom. The molecule has 0 radical (unpaired) electrons. The minimum absolute atomic E-state index is 0.0119. The van der Waals surface area contributed by atoms with Crippen LogP contribution in [0, 0.1) is 0 Å². The number of aromatic hydroxyl groups is 4. The smallest absolute Gasteiger partial charge is 0.316 e. The summed E-state index contributed by atoms with van der Waals surface area (Å²) in [6.45, 7) is 3.15. The van der Waals surface area contributed by atoms with Crippen molar-refractivity contribution in [1.29, 1.82) is 0 Å². The highest BCUT2D eigenvalue weighted by molar-refractivity contribution is 6.32. The molecule has 0 amide bonds. The van der Waals surface area contributed by atoms with Gasteiger partial charge in [-0.1, -0.05) is 6.92 Å². The third-order valence-corrected chi connectivity index (χ3v) is 8.40. The minimum Gasteiger partial charge on any atom is -0.507 e. The molecule has 2 aromatic rings. The van der Waals surface area contributed by atoms with Crippen molar-refractivity contribution < 1.29 is 59.2 Å². The van der Waals surface area contributed by atoms with Crippen LogP contribution in [0.25, 0.3) is 0 Å². The summed E-state index contributed by atoms with van der Waals surface area (Å²) >= 11 is 0. The summed E-state index contributed by atoms with van der Waals surface area (Å²) in [6, 6.07) is 1.25. The number of carbonyl (C=O) groups is 3. The highest BCUT2D eigenvalue weighted by Crippen LogP contribution is 2.57. The fraction of sp³-hybridized carbons (Fsp3) is 0.464. The van der Waals surface area contributed by atoms with Gasteiger partial charge in [-0.25, -0.2) is 0 Å². The van der Waals surface area contributed by atoms with Crippen molar-refractivity contribution in [2.45, 2.75) is 75.3 Å². The summed E-state index contributed by atoms with van der Waals surface area (Å²) in [5, 5.41) is 65.8. The van der Waals surface area contributed by atoms with Gasteiger partial charge in [-0.3, -0.25) is 14.4 Å². The molecular weight excluding hydrogens is 542 g/mol. The Bertz CT molecular complexity index is 1460. The van der Waals surface area contributed by atoms with E-state index in [1.807, 2.05) is 0 Å². The van der Waals surface area contributed by atoms with E-state index < -0.39 is 111 Å². The second-order valence-electron chi connectivity index (χ2n) is 10.7. The van der Waals surface area contributed by atoms with Gasteiger partial charge in [-0.05, 0) is 25.5 Å². The van der Waals surface area contributed by atoms with Crippen LogP contribution in [0.5, 0.6) is 23.0 Å². The topological polar surface area (TPSA) is 226 Å². The summed E-state index contributed by atoms with van der Waals surface area (Å²) in [5.41, 5.74) is 0.864. The number of fused-ring (bicyclic) bond motifs is 3. The molecule has 220 valence electrons. The maximum atomic E-state index is 13.6. The number of aliphatic hydroxyl groups excluding tert-OH is 1. The van der Waals surface area contributed by atoms with E-state index in [1.54, 1.807) is 13.8 Å². The van der Waals surface area contributed by atoms with E-state index in [9.17, 15) is 45.0 Å². The summed E-state index contributed by atoms with van der Waals surface area (Å²) in [5.74, 6) is -7.82. The SMILES string of the molecule is CC[C@@]1(O)C[C@H](O[C@@H]2C[C@H](N)[C@H](O)[C@H](C)O2)c2c(O)c3c(c(O)c2[C@H]1C(=O)OC)C(=O)c1c(O)ccc(O)c1C3=O. The molecule has 1 fully saturated rings. The molecule has 2 aliphatic carbocycles. The number of hydrogen-bond acceptors (Lipinski definition) is 13. The van der Waals surface area contributed by atoms with E-state index in [0.717, 1.165) is 19.2 Å². The monoisotopic (exact) mass is 573 g/mol. The van der Waals surface area contributed by atoms with Crippen LogP contribution in [0.2, 0.25) is 0 Å². The summed E-state index contributed by atoms with van der Waals surface area (Å²) in [4.78, 5) is 40.3. The highest BCUT2D eigenvalue weighted by Gasteiger charge is 2.55. The predicted molar refractivity (Wildman–Crippen MR) is 138 cm³/mol.